The van der Waals surface area contributed by atoms with E-state index >= 15 is 0 Å². The zero-order chi connectivity index (χ0) is 10.9. The van der Waals surface area contributed by atoms with Gasteiger partial charge in [-0.15, -0.1) is 0 Å². The number of carbonyl (C=O) groups is 1. The Hall–Kier alpha value is -0.570. The minimum Gasteiger partial charge on any atom is -0.342 e. The molecule has 0 spiro atoms. The second-order valence-electron chi connectivity index (χ2n) is 5.72. The molecule has 2 rings (SSSR count). The molecular weight excluding hydrogens is 188 g/mol. The number of hydrogen-bond acceptors (Lipinski definition) is 2. The molecule has 1 amide bonds. The molecule has 86 valence electrons. The molecule has 2 aliphatic rings. The predicted octanol–water partition coefficient (Wildman–Crippen LogP) is 1.24. The number of rotatable bonds is 1. The first kappa shape index (κ1) is 10.9. The average molecular weight is 210 g/mol. The van der Waals surface area contributed by atoms with Crippen molar-refractivity contribution in [1.29, 1.82) is 0 Å². The molecule has 0 saturated carbocycles. The van der Waals surface area contributed by atoms with Crippen LogP contribution in [0.2, 0.25) is 0 Å². The molecule has 3 nitrogen and oxygen atoms in total. The van der Waals surface area contributed by atoms with Crippen LogP contribution in [0.25, 0.3) is 0 Å². The van der Waals surface area contributed by atoms with Crippen LogP contribution in [0.15, 0.2) is 0 Å². The molecule has 2 fully saturated rings. The van der Waals surface area contributed by atoms with E-state index < -0.39 is 0 Å². The second kappa shape index (κ2) is 4.12. The van der Waals surface area contributed by atoms with E-state index in [9.17, 15) is 4.79 Å². The van der Waals surface area contributed by atoms with Gasteiger partial charge in [-0.2, -0.15) is 0 Å². The van der Waals surface area contributed by atoms with E-state index in [0.717, 1.165) is 32.6 Å². The van der Waals surface area contributed by atoms with Crippen LogP contribution in [0.1, 0.15) is 33.1 Å². The summed E-state index contributed by atoms with van der Waals surface area (Å²) < 4.78 is 0. The van der Waals surface area contributed by atoms with Gasteiger partial charge in [0.25, 0.3) is 0 Å². The van der Waals surface area contributed by atoms with Crippen molar-refractivity contribution < 1.29 is 4.79 Å². The zero-order valence-corrected chi connectivity index (χ0v) is 9.88. The van der Waals surface area contributed by atoms with E-state index in [2.05, 4.69) is 24.1 Å². The van der Waals surface area contributed by atoms with Crippen molar-refractivity contribution in [2.45, 2.75) is 33.1 Å². The Morgan fingerprint density at radius 3 is 2.87 bits per heavy atom. The van der Waals surface area contributed by atoms with Crippen LogP contribution in [0, 0.1) is 11.3 Å². The van der Waals surface area contributed by atoms with Gasteiger partial charge in [-0.3, -0.25) is 4.79 Å². The van der Waals surface area contributed by atoms with Gasteiger partial charge in [0.2, 0.25) is 5.91 Å². The fourth-order valence-corrected chi connectivity index (χ4v) is 2.74. The lowest BCUT2D eigenvalue weighted by Gasteiger charge is -2.39. The molecular formula is C12H22N2O. The van der Waals surface area contributed by atoms with Crippen LogP contribution in [0.3, 0.4) is 0 Å². The van der Waals surface area contributed by atoms with Gasteiger partial charge in [0.1, 0.15) is 0 Å². The Kier molecular flexibility index (Phi) is 3.01. The Morgan fingerprint density at radius 1 is 1.47 bits per heavy atom. The molecule has 0 aromatic carbocycles. The van der Waals surface area contributed by atoms with Crippen molar-refractivity contribution in [2.75, 3.05) is 26.2 Å². The zero-order valence-electron chi connectivity index (χ0n) is 9.88. The maximum atomic E-state index is 12.2. The van der Waals surface area contributed by atoms with E-state index in [1.165, 1.54) is 12.8 Å². The molecule has 0 radical (unpaired) electrons. The largest absolute Gasteiger partial charge is 0.342 e. The molecule has 0 aliphatic carbocycles. The molecule has 1 atom stereocenters. The number of hydrogen-bond donors (Lipinski definition) is 1. The van der Waals surface area contributed by atoms with Crippen LogP contribution in [0.4, 0.5) is 0 Å². The molecule has 1 N–H and O–H groups in total. The smallest absolute Gasteiger partial charge is 0.227 e. The first-order valence-electron chi connectivity index (χ1n) is 6.08. The summed E-state index contributed by atoms with van der Waals surface area (Å²) in [6.07, 6.45) is 3.44. The quantitative estimate of drug-likeness (QED) is 0.706. The summed E-state index contributed by atoms with van der Waals surface area (Å²) in [5, 5.41) is 3.27. The Morgan fingerprint density at radius 2 is 2.27 bits per heavy atom. The highest BCUT2D eigenvalue weighted by Gasteiger charge is 2.33. The standard InChI is InChI=1S/C12H22N2O/c1-12(2)5-3-7-14(9-12)11(15)10-4-6-13-8-10/h10,13H,3-9H2,1-2H3/t10-/m1/s1. The highest BCUT2D eigenvalue weighted by molar-refractivity contribution is 5.79. The van der Waals surface area contributed by atoms with Crippen LogP contribution in [-0.4, -0.2) is 37.0 Å². The van der Waals surface area contributed by atoms with E-state index in [1.807, 2.05) is 0 Å². The number of likely N-dealkylation sites (tertiary alicyclic amines) is 1. The first-order valence-corrected chi connectivity index (χ1v) is 6.08. The monoisotopic (exact) mass is 210 g/mol. The third kappa shape index (κ3) is 2.51. The summed E-state index contributed by atoms with van der Waals surface area (Å²) in [6.45, 7) is 8.34. The second-order valence-corrected chi connectivity index (χ2v) is 5.72. The summed E-state index contributed by atoms with van der Waals surface area (Å²) in [5.74, 6) is 0.631. The molecule has 0 unspecified atom stereocenters. The van der Waals surface area contributed by atoms with Gasteiger partial charge in [0, 0.05) is 19.6 Å². The van der Waals surface area contributed by atoms with Gasteiger partial charge < -0.3 is 10.2 Å². The highest BCUT2D eigenvalue weighted by Crippen LogP contribution is 2.29. The third-order valence-corrected chi connectivity index (χ3v) is 3.62. The lowest BCUT2D eigenvalue weighted by Crippen LogP contribution is -2.46. The maximum Gasteiger partial charge on any atom is 0.227 e. The summed E-state index contributed by atoms with van der Waals surface area (Å²) in [5.41, 5.74) is 0.319. The van der Waals surface area contributed by atoms with Crippen molar-refractivity contribution in [3.05, 3.63) is 0 Å². The minimum atomic E-state index is 0.249. The lowest BCUT2D eigenvalue weighted by molar-refractivity contribution is -0.138. The summed E-state index contributed by atoms with van der Waals surface area (Å²) in [4.78, 5) is 14.3. The predicted molar refractivity (Wildman–Crippen MR) is 60.6 cm³/mol. The van der Waals surface area contributed by atoms with Crippen molar-refractivity contribution >= 4 is 5.91 Å². The topological polar surface area (TPSA) is 32.3 Å². The summed E-state index contributed by atoms with van der Waals surface area (Å²) in [6, 6.07) is 0. The molecule has 2 aliphatic heterocycles. The van der Waals surface area contributed by atoms with Gasteiger partial charge >= 0.3 is 0 Å². The van der Waals surface area contributed by atoms with Gasteiger partial charge in [-0.1, -0.05) is 13.8 Å². The molecule has 3 heteroatoms. The average Bonchev–Trinajstić information content (AvgIpc) is 2.67. The molecule has 2 saturated heterocycles. The van der Waals surface area contributed by atoms with Gasteiger partial charge in [0.15, 0.2) is 0 Å². The lowest BCUT2D eigenvalue weighted by atomic mass is 9.83. The first-order chi connectivity index (χ1) is 7.08. The van der Waals surface area contributed by atoms with Crippen molar-refractivity contribution in [1.82, 2.24) is 10.2 Å². The molecule has 0 aromatic heterocycles. The SMILES string of the molecule is CC1(C)CCCN(C(=O)[C@@H]2CCNC2)C1. The van der Waals surface area contributed by atoms with Crippen LogP contribution < -0.4 is 5.32 Å². The van der Waals surface area contributed by atoms with Gasteiger partial charge in [-0.25, -0.2) is 0 Å². The molecule has 2 heterocycles. The highest BCUT2D eigenvalue weighted by atomic mass is 16.2. The van der Waals surface area contributed by atoms with E-state index in [1.54, 1.807) is 0 Å². The van der Waals surface area contributed by atoms with Crippen molar-refractivity contribution in [2.24, 2.45) is 11.3 Å². The number of nitrogens with one attached hydrogen (secondary N) is 1. The van der Waals surface area contributed by atoms with E-state index in [0.29, 0.717) is 11.3 Å². The van der Waals surface area contributed by atoms with E-state index in [4.69, 9.17) is 0 Å². The van der Waals surface area contributed by atoms with Crippen LogP contribution in [0.5, 0.6) is 0 Å². The van der Waals surface area contributed by atoms with Gasteiger partial charge in [-0.05, 0) is 31.2 Å². The fourth-order valence-electron chi connectivity index (χ4n) is 2.74. The minimum absolute atomic E-state index is 0.249. The molecule has 15 heavy (non-hydrogen) atoms. The number of amides is 1. The van der Waals surface area contributed by atoms with Crippen molar-refractivity contribution in [3.8, 4) is 0 Å². The number of piperidine rings is 1. The number of nitrogens with zero attached hydrogens (tertiary/aromatic N) is 1. The fraction of sp³-hybridized carbons (Fsp3) is 0.917. The molecule has 0 aromatic rings. The van der Waals surface area contributed by atoms with Gasteiger partial charge in [0.05, 0.1) is 5.92 Å². The number of carbonyl (C=O) groups excluding carboxylic acids is 1. The van der Waals surface area contributed by atoms with E-state index in [-0.39, 0.29) is 5.92 Å². The summed E-state index contributed by atoms with van der Waals surface area (Å²) in [7, 11) is 0. The molecule has 0 bridgehead atoms. The van der Waals surface area contributed by atoms with Crippen LogP contribution in [-0.2, 0) is 4.79 Å². The maximum absolute atomic E-state index is 12.2. The Bertz CT molecular complexity index is 244. The summed E-state index contributed by atoms with van der Waals surface area (Å²) >= 11 is 0. The Labute approximate surface area is 92.2 Å². The van der Waals surface area contributed by atoms with Crippen LogP contribution >= 0.6 is 0 Å². The van der Waals surface area contributed by atoms with Crippen molar-refractivity contribution in [3.63, 3.8) is 0 Å². The third-order valence-electron chi connectivity index (χ3n) is 3.62. The Balaban J connectivity index is 1.94. The normalized spacial score (nSPS) is 30.5.